The summed E-state index contributed by atoms with van der Waals surface area (Å²) in [7, 11) is 0. The normalized spacial score (nSPS) is 11.9. The van der Waals surface area contributed by atoms with Crippen molar-refractivity contribution in [3.63, 3.8) is 0 Å². The number of fused-ring (bicyclic) bond motifs is 6. The highest BCUT2D eigenvalue weighted by atomic mass is 16.5. The molecule has 0 aliphatic rings. The molecule has 0 unspecified atom stereocenters. The average Bonchev–Trinajstić information content (AvgIpc) is 3.58. The molecule has 2 aromatic heterocycles. The molecule has 208 valence electrons. The number of aromatic nitrogens is 2. The van der Waals surface area contributed by atoms with Gasteiger partial charge in [0.15, 0.2) is 0 Å². The lowest BCUT2D eigenvalue weighted by Gasteiger charge is -2.17. The standard InChI is InChI=1S/C41H28N2O/c1-25-39(26(2)44-42-25)41-34-16-7-5-14-32(34)40(33-15-6-8-17-35(33)41)29-20-22-38-36(24-29)31-13-9-10-18-37(31)43(38)30-21-19-27-11-3-4-12-28(27)23-30/h3-24H,1-2H3. The number of benzene rings is 7. The quantitative estimate of drug-likeness (QED) is 0.200. The van der Waals surface area contributed by atoms with Crippen LogP contribution in [-0.4, -0.2) is 9.72 Å². The second kappa shape index (κ2) is 9.42. The molecule has 44 heavy (non-hydrogen) atoms. The van der Waals surface area contributed by atoms with Crippen LogP contribution in [0, 0.1) is 13.8 Å². The summed E-state index contributed by atoms with van der Waals surface area (Å²) in [4.78, 5) is 0. The van der Waals surface area contributed by atoms with Crippen molar-refractivity contribution in [1.82, 2.24) is 9.72 Å². The van der Waals surface area contributed by atoms with E-state index in [1.807, 2.05) is 13.8 Å². The van der Waals surface area contributed by atoms with E-state index in [0.717, 1.165) is 17.0 Å². The molecular formula is C41H28N2O. The van der Waals surface area contributed by atoms with Gasteiger partial charge in [0.2, 0.25) is 0 Å². The molecule has 9 rings (SSSR count). The van der Waals surface area contributed by atoms with Crippen molar-refractivity contribution in [3.8, 4) is 27.9 Å². The van der Waals surface area contributed by atoms with Crippen molar-refractivity contribution < 1.29 is 4.52 Å². The molecule has 2 heterocycles. The smallest absolute Gasteiger partial charge is 0.141 e. The van der Waals surface area contributed by atoms with Crippen LogP contribution in [0.3, 0.4) is 0 Å². The van der Waals surface area contributed by atoms with Crippen LogP contribution in [0.5, 0.6) is 0 Å². The van der Waals surface area contributed by atoms with Gasteiger partial charge in [-0.05, 0) is 87.6 Å². The topological polar surface area (TPSA) is 31.0 Å². The van der Waals surface area contributed by atoms with Crippen molar-refractivity contribution >= 4 is 54.1 Å². The van der Waals surface area contributed by atoms with E-state index in [0.29, 0.717) is 0 Å². The number of rotatable bonds is 3. The third-order valence-electron chi connectivity index (χ3n) is 9.17. The SMILES string of the molecule is Cc1noc(C)c1-c1c2ccccc2c(-c2ccc3c(c2)c2ccccc2n3-c2ccc3ccccc3c2)c2ccccc12. The Labute approximate surface area is 254 Å². The Morgan fingerprint density at radius 1 is 0.477 bits per heavy atom. The van der Waals surface area contributed by atoms with E-state index in [2.05, 4.69) is 143 Å². The summed E-state index contributed by atoms with van der Waals surface area (Å²) < 4.78 is 8.06. The predicted octanol–water partition coefficient (Wildman–Crippen LogP) is 11.2. The van der Waals surface area contributed by atoms with Crippen molar-refractivity contribution in [2.24, 2.45) is 0 Å². The Morgan fingerprint density at radius 2 is 1.07 bits per heavy atom. The van der Waals surface area contributed by atoms with E-state index < -0.39 is 0 Å². The van der Waals surface area contributed by atoms with Crippen LogP contribution < -0.4 is 0 Å². The Balaban J connectivity index is 1.36. The van der Waals surface area contributed by atoms with E-state index >= 15 is 0 Å². The second-order valence-corrected chi connectivity index (χ2v) is 11.7. The lowest BCUT2D eigenvalue weighted by molar-refractivity contribution is 0.393. The first kappa shape index (κ1) is 24.9. The molecule has 3 heteroatoms. The number of nitrogens with zero attached hydrogens (tertiary/aromatic N) is 2. The second-order valence-electron chi connectivity index (χ2n) is 11.7. The Morgan fingerprint density at radius 3 is 1.75 bits per heavy atom. The van der Waals surface area contributed by atoms with Gasteiger partial charge in [0.1, 0.15) is 5.76 Å². The summed E-state index contributed by atoms with van der Waals surface area (Å²) in [6.07, 6.45) is 0. The fourth-order valence-corrected chi connectivity index (χ4v) is 7.27. The van der Waals surface area contributed by atoms with Crippen LogP contribution >= 0.6 is 0 Å². The maximum atomic E-state index is 5.66. The molecule has 7 aromatic carbocycles. The largest absolute Gasteiger partial charge is 0.361 e. The van der Waals surface area contributed by atoms with E-state index in [1.165, 1.54) is 76.5 Å². The van der Waals surface area contributed by atoms with Crippen LogP contribution in [0.15, 0.2) is 138 Å². The average molecular weight is 565 g/mol. The van der Waals surface area contributed by atoms with Crippen molar-refractivity contribution in [3.05, 3.63) is 145 Å². The minimum Gasteiger partial charge on any atom is -0.361 e. The first-order chi connectivity index (χ1) is 21.7. The van der Waals surface area contributed by atoms with Crippen LogP contribution in [0.1, 0.15) is 11.5 Å². The van der Waals surface area contributed by atoms with Gasteiger partial charge in [0, 0.05) is 27.6 Å². The Bertz CT molecular complexity index is 2510. The molecule has 0 N–H and O–H groups in total. The summed E-state index contributed by atoms with van der Waals surface area (Å²) >= 11 is 0. The minimum atomic E-state index is 0.841. The maximum absolute atomic E-state index is 5.66. The summed E-state index contributed by atoms with van der Waals surface area (Å²) in [5, 5.41) is 14.1. The number of hydrogen-bond donors (Lipinski definition) is 0. The van der Waals surface area contributed by atoms with Crippen molar-refractivity contribution in [1.29, 1.82) is 0 Å². The monoisotopic (exact) mass is 564 g/mol. The first-order valence-corrected chi connectivity index (χ1v) is 15.1. The van der Waals surface area contributed by atoms with Crippen LogP contribution in [0.2, 0.25) is 0 Å². The van der Waals surface area contributed by atoms with Crippen LogP contribution in [-0.2, 0) is 0 Å². The molecule has 9 aromatic rings. The first-order valence-electron chi connectivity index (χ1n) is 15.1. The zero-order chi connectivity index (χ0) is 29.4. The van der Waals surface area contributed by atoms with E-state index in [9.17, 15) is 0 Å². The third-order valence-corrected chi connectivity index (χ3v) is 9.17. The van der Waals surface area contributed by atoms with Gasteiger partial charge in [-0.3, -0.25) is 0 Å². The zero-order valence-electron chi connectivity index (χ0n) is 24.5. The lowest BCUT2D eigenvalue weighted by Crippen LogP contribution is -1.94. The van der Waals surface area contributed by atoms with Gasteiger partial charge >= 0.3 is 0 Å². The van der Waals surface area contributed by atoms with E-state index in [4.69, 9.17) is 4.52 Å². The molecule has 0 aliphatic carbocycles. The van der Waals surface area contributed by atoms with Crippen LogP contribution in [0.4, 0.5) is 0 Å². The molecule has 3 nitrogen and oxygen atoms in total. The molecule has 0 amide bonds. The maximum Gasteiger partial charge on any atom is 0.141 e. The fraction of sp³-hybridized carbons (Fsp3) is 0.0488. The minimum absolute atomic E-state index is 0.841. The lowest BCUT2D eigenvalue weighted by atomic mass is 9.85. The summed E-state index contributed by atoms with van der Waals surface area (Å²) in [6.45, 7) is 4.04. The van der Waals surface area contributed by atoms with Gasteiger partial charge in [0.05, 0.1) is 16.7 Å². The highest BCUT2D eigenvalue weighted by molar-refractivity contribution is 6.22. The van der Waals surface area contributed by atoms with Crippen molar-refractivity contribution in [2.75, 3.05) is 0 Å². The molecule has 0 saturated carbocycles. The van der Waals surface area contributed by atoms with Gasteiger partial charge in [-0.1, -0.05) is 108 Å². The zero-order valence-corrected chi connectivity index (χ0v) is 24.5. The Kier molecular flexibility index (Phi) is 5.33. The molecule has 0 atom stereocenters. The fourth-order valence-electron chi connectivity index (χ4n) is 7.27. The highest BCUT2D eigenvalue weighted by Crippen LogP contribution is 2.46. The van der Waals surface area contributed by atoms with Gasteiger partial charge in [-0.15, -0.1) is 0 Å². The van der Waals surface area contributed by atoms with Gasteiger partial charge in [-0.2, -0.15) is 0 Å². The molecule has 0 spiro atoms. The third kappa shape index (κ3) is 3.53. The number of hydrogen-bond acceptors (Lipinski definition) is 2. The molecule has 0 radical (unpaired) electrons. The molecule has 0 saturated heterocycles. The predicted molar refractivity (Wildman–Crippen MR) is 184 cm³/mol. The van der Waals surface area contributed by atoms with Gasteiger partial charge in [0.25, 0.3) is 0 Å². The van der Waals surface area contributed by atoms with Crippen LogP contribution in [0.25, 0.3) is 82.1 Å². The number of para-hydroxylation sites is 1. The summed E-state index contributed by atoms with van der Waals surface area (Å²) in [5.74, 6) is 0.841. The van der Waals surface area contributed by atoms with E-state index in [1.54, 1.807) is 0 Å². The van der Waals surface area contributed by atoms with Gasteiger partial charge < -0.3 is 9.09 Å². The summed E-state index contributed by atoms with van der Waals surface area (Å²) in [6, 6.07) is 48.5. The molecule has 0 aliphatic heterocycles. The molecular weight excluding hydrogens is 536 g/mol. The van der Waals surface area contributed by atoms with Crippen molar-refractivity contribution in [2.45, 2.75) is 13.8 Å². The highest BCUT2D eigenvalue weighted by Gasteiger charge is 2.22. The molecule has 0 bridgehead atoms. The van der Waals surface area contributed by atoms with E-state index in [-0.39, 0.29) is 0 Å². The van der Waals surface area contributed by atoms with Gasteiger partial charge in [-0.25, -0.2) is 0 Å². The number of aryl methyl sites for hydroxylation is 2. The Hall–Kier alpha value is -5.67. The molecule has 0 fully saturated rings. The summed E-state index contributed by atoms with van der Waals surface area (Å²) in [5.41, 5.74) is 9.20.